The van der Waals surface area contributed by atoms with Gasteiger partial charge in [0.2, 0.25) is 5.91 Å². The van der Waals surface area contributed by atoms with E-state index in [1.807, 2.05) is 12.1 Å². The van der Waals surface area contributed by atoms with E-state index in [0.717, 1.165) is 18.4 Å². The molecule has 150 valence electrons. The second-order valence-electron chi connectivity index (χ2n) is 8.30. The van der Waals surface area contributed by atoms with Gasteiger partial charge in [-0.25, -0.2) is 8.42 Å². The molecular formula is C20H29NO5S. The number of carbonyl (C=O) groups excluding carboxylic acids is 1. The Morgan fingerprint density at radius 3 is 2.19 bits per heavy atom. The van der Waals surface area contributed by atoms with Crippen LogP contribution >= 0.6 is 0 Å². The molecule has 0 aliphatic heterocycles. The van der Waals surface area contributed by atoms with Gasteiger partial charge in [-0.3, -0.25) is 9.59 Å². The van der Waals surface area contributed by atoms with Crippen LogP contribution < -0.4 is 5.32 Å². The van der Waals surface area contributed by atoms with Crippen LogP contribution in [-0.4, -0.2) is 36.4 Å². The van der Waals surface area contributed by atoms with Crippen molar-refractivity contribution in [3.63, 3.8) is 0 Å². The third kappa shape index (κ3) is 6.06. The summed E-state index contributed by atoms with van der Waals surface area (Å²) in [6, 6.07) is 6.64. The highest BCUT2D eigenvalue weighted by atomic mass is 32.2. The quantitative estimate of drug-likeness (QED) is 0.739. The lowest BCUT2D eigenvalue weighted by Gasteiger charge is -2.22. The van der Waals surface area contributed by atoms with Gasteiger partial charge < -0.3 is 10.4 Å². The molecule has 0 heterocycles. The fraction of sp³-hybridized carbons (Fsp3) is 0.600. The lowest BCUT2D eigenvalue weighted by molar-refractivity contribution is -0.137. The van der Waals surface area contributed by atoms with Gasteiger partial charge >= 0.3 is 5.97 Å². The van der Waals surface area contributed by atoms with E-state index < -0.39 is 38.8 Å². The van der Waals surface area contributed by atoms with Crippen LogP contribution in [0.5, 0.6) is 0 Å². The first-order chi connectivity index (χ1) is 12.5. The molecule has 2 rings (SSSR count). The number of hydrogen-bond acceptors (Lipinski definition) is 4. The van der Waals surface area contributed by atoms with Gasteiger partial charge in [-0.05, 0) is 29.4 Å². The minimum Gasteiger partial charge on any atom is -0.481 e. The van der Waals surface area contributed by atoms with Crippen LogP contribution in [0.15, 0.2) is 24.3 Å². The average molecular weight is 396 g/mol. The first-order valence-electron chi connectivity index (χ1n) is 9.32. The fourth-order valence-corrected chi connectivity index (χ4v) is 5.16. The van der Waals surface area contributed by atoms with Crippen molar-refractivity contribution in [1.29, 1.82) is 0 Å². The molecule has 1 amide bonds. The summed E-state index contributed by atoms with van der Waals surface area (Å²) in [4.78, 5) is 23.5. The monoisotopic (exact) mass is 395 g/mol. The second kappa shape index (κ2) is 8.42. The average Bonchev–Trinajstić information content (AvgIpc) is 3.08. The molecule has 0 aromatic heterocycles. The van der Waals surface area contributed by atoms with Crippen molar-refractivity contribution in [2.45, 2.75) is 69.6 Å². The maximum Gasteiger partial charge on any atom is 0.305 e. The molecule has 1 unspecified atom stereocenters. The maximum atomic E-state index is 12.4. The zero-order chi connectivity index (χ0) is 20.2. The number of benzene rings is 1. The van der Waals surface area contributed by atoms with Crippen LogP contribution in [0, 0.1) is 0 Å². The van der Waals surface area contributed by atoms with E-state index in [4.69, 9.17) is 0 Å². The Morgan fingerprint density at radius 2 is 1.70 bits per heavy atom. The first-order valence-corrected chi connectivity index (χ1v) is 11.0. The number of carboxylic acid groups (broad SMARTS) is 1. The van der Waals surface area contributed by atoms with E-state index in [9.17, 15) is 23.1 Å². The van der Waals surface area contributed by atoms with Gasteiger partial charge in [-0.1, -0.05) is 57.9 Å². The molecule has 27 heavy (non-hydrogen) atoms. The summed E-state index contributed by atoms with van der Waals surface area (Å²) < 4.78 is 24.7. The summed E-state index contributed by atoms with van der Waals surface area (Å²) >= 11 is 0. The van der Waals surface area contributed by atoms with E-state index in [-0.39, 0.29) is 11.8 Å². The van der Waals surface area contributed by atoms with E-state index in [1.165, 1.54) is 0 Å². The molecule has 1 fully saturated rings. The van der Waals surface area contributed by atoms with Crippen LogP contribution in [-0.2, 0) is 24.8 Å². The number of carboxylic acids is 1. The summed E-state index contributed by atoms with van der Waals surface area (Å²) in [5.41, 5.74) is 1.70. The minimum absolute atomic E-state index is 0.0422. The first kappa shape index (κ1) is 21.4. The van der Waals surface area contributed by atoms with Gasteiger partial charge in [0.25, 0.3) is 0 Å². The molecule has 1 aromatic carbocycles. The molecule has 0 saturated heterocycles. The molecule has 1 atom stereocenters. The second-order valence-corrected chi connectivity index (χ2v) is 10.6. The van der Waals surface area contributed by atoms with E-state index >= 15 is 0 Å². The summed E-state index contributed by atoms with van der Waals surface area (Å²) in [5, 5.41) is 11.3. The number of nitrogens with one attached hydrogen (secondary N) is 1. The number of rotatable bonds is 7. The van der Waals surface area contributed by atoms with Gasteiger partial charge in [0, 0.05) is 0 Å². The predicted octanol–water partition coefficient (Wildman–Crippen LogP) is 2.97. The van der Waals surface area contributed by atoms with Crippen molar-refractivity contribution in [3.8, 4) is 0 Å². The van der Waals surface area contributed by atoms with Gasteiger partial charge in [0.1, 0.15) is 5.75 Å². The zero-order valence-corrected chi connectivity index (χ0v) is 17.0. The number of aliphatic carboxylic acids is 1. The van der Waals surface area contributed by atoms with Crippen molar-refractivity contribution in [2.75, 3.05) is 5.75 Å². The Morgan fingerprint density at radius 1 is 1.15 bits per heavy atom. The topological polar surface area (TPSA) is 101 Å². The minimum atomic E-state index is -3.50. The third-order valence-corrected chi connectivity index (χ3v) is 7.19. The summed E-state index contributed by atoms with van der Waals surface area (Å²) in [5.74, 6) is -2.29. The van der Waals surface area contributed by atoms with E-state index in [0.29, 0.717) is 18.4 Å². The molecule has 0 bridgehead atoms. The largest absolute Gasteiger partial charge is 0.481 e. The lowest BCUT2D eigenvalue weighted by atomic mass is 9.86. The van der Waals surface area contributed by atoms with Crippen molar-refractivity contribution in [1.82, 2.24) is 5.32 Å². The van der Waals surface area contributed by atoms with E-state index in [1.54, 1.807) is 12.1 Å². The van der Waals surface area contributed by atoms with Crippen LogP contribution in [0.1, 0.15) is 70.0 Å². The molecule has 7 heteroatoms. The number of carbonyl (C=O) groups is 2. The molecule has 1 saturated carbocycles. The third-order valence-electron chi connectivity index (χ3n) is 5.04. The van der Waals surface area contributed by atoms with Crippen LogP contribution in [0.4, 0.5) is 0 Å². The van der Waals surface area contributed by atoms with E-state index in [2.05, 4.69) is 26.1 Å². The van der Waals surface area contributed by atoms with Gasteiger partial charge in [0.15, 0.2) is 9.84 Å². The van der Waals surface area contributed by atoms with Crippen molar-refractivity contribution in [3.05, 3.63) is 35.4 Å². The Kier molecular flexibility index (Phi) is 6.68. The van der Waals surface area contributed by atoms with Crippen LogP contribution in [0.3, 0.4) is 0 Å². The molecule has 6 nitrogen and oxygen atoms in total. The number of amides is 1. The summed E-state index contributed by atoms with van der Waals surface area (Å²) in [7, 11) is -3.50. The lowest BCUT2D eigenvalue weighted by Crippen LogP contribution is -2.37. The molecule has 1 aromatic rings. The highest BCUT2D eigenvalue weighted by molar-refractivity contribution is 7.92. The molecule has 1 aliphatic carbocycles. The summed E-state index contributed by atoms with van der Waals surface area (Å²) in [6.07, 6.45) is 2.63. The Labute approximate surface area is 161 Å². The Balaban J connectivity index is 2.11. The highest BCUT2D eigenvalue weighted by Crippen LogP contribution is 2.27. The van der Waals surface area contributed by atoms with Gasteiger partial charge in [-0.2, -0.15) is 0 Å². The maximum absolute atomic E-state index is 12.4. The van der Waals surface area contributed by atoms with Gasteiger partial charge in [-0.15, -0.1) is 0 Å². The Hall–Kier alpha value is -1.89. The SMILES string of the molecule is CC(C)(C)c1ccc(C(CC(=O)O)NC(=O)CS(=O)(=O)C2CCCC2)cc1. The van der Waals surface area contributed by atoms with Crippen LogP contribution in [0.25, 0.3) is 0 Å². The number of sulfone groups is 1. The van der Waals surface area contributed by atoms with Crippen LogP contribution in [0.2, 0.25) is 0 Å². The standard InChI is InChI=1S/C20H29NO5S/c1-20(2,3)15-10-8-14(9-11-15)17(12-19(23)24)21-18(22)13-27(25,26)16-6-4-5-7-16/h8-11,16-17H,4-7,12-13H2,1-3H3,(H,21,22)(H,23,24). The Bertz CT molecular complexity index is 772. The zero-order valence-electron chi connectivity index (χ0n) is 16.2. The van der Waals surface area contributed by atoms with Crippen molar-refractivity contribution >= 4 is 21.7 Å². The molecule has 0 spiro atoms. The molecule has 2 N–H and O–H groups in total. The smallest absolute Gasteiger partial charge is 0.305 e. The normalized spacial score (nSPS) is 16.9. The fourth-order valence-electron chi connectivity index (χ4n) is 3.43. The molecule has 0 radical (unpaired) electrons. The number of hydrogen-bond donors (Lipinski definition) is 2. The predicted molar refractivity (Wildman–Crippen MR) is 104 cm³/mol. The highest BCUT2D eigenvalue weighted by Gasteiger charge is 2.31. The molecular weight excluding hydrogens is 366 g/mol. The summed E-state index contributed by atoms with van der Waals surface area (Å²) in [6.45, 7) is 6.23. The molecule has 1 aliphatic rings. The van der Waals surface area contributed by atoms with Crippen molar-refractivity contribution < 1.29 is 23.1 Å². The van der Waals surface area contributed by atoms with Crippen molar-refractivity contribution in [2.24, 2.45) is 0 Å². The van der Waals surface area contributed by atoms with Gasteiger partial charge in [0.05, 0.1) is 17.7 Å².